The number of anilines is 2. The van der Waals surface area contributed by atoms with Crippen LogP contribution in [0.5, 0.6) is 5.75 Å². The number of rotatable bonds is 6. The number of fused-ring (bicyclic) bond motifs is 3. The SMILES string of the molecule is COc1ccc2c(c1)Sc1cc(-c3cc4ccccc4[nH]3)ccc1N2CCCN(C)C. The van der Waals surface area contributed by atoms with E-state index in [0.29, 0.717) is 0 Å². The van der Waals surface area contributed by atoms with E-state index in [-0.39, 0.29) is 0 Å². The van der Waals surface area contributed by atoms with Gasteiger partial charge in [-0.15, -0.1) is 0 Å². The molecule has 4 aromatic rings. The molecule has 31 heavy (non-hydrogen) atoms. The third-order valence-electron chi connectivity index (χ3n) is 5.76. The first-order valence-corrected chi connectivity index (χ1v) is 11.4. The van der Waals surface area contributed by atoms with Crippen LogP contribution < -0.4 is 9.64 Å². The zero-order chi connectivity index (χ0) is 21.4. The van der Waals surface area contributed by atoms with Crippen molar-refractivity contribution < 1.29 is 4.74 Å². The van der Waals surface area contributed by atoms with Crippen LogP contribution in [0.2, 0.25) is 0 Å². The number of hydrogen-bond donors (Lipinski definition) is 1. The van der Waals surface area contributed by atoms with Gasteiger partial charge in [0.25, 0.3) is 0 Å². The van der Waals surface area contributed by atoms with Gasteiger partial charge in [-0.3, -0.25) is 0 Å². The van der Waals surface area contributed by atoms with E-state index in [4.69, 9.17) is 4.74 Å². The zero-order valence-corrected chi connectivity index (χ0v) is 19.0. The lowest BCUT2D eigenvalue weighted by atomic mass is 10.1. The molecular weight excluding hydrogens is 402 g/mol. The number of hydrogen-bond acceptors (Lipinski definition) is 4. The molecule has 5 rings (SSSR count). The molecule has 0 saturated heterocycles. The average Bonchev–Trinajstić information content (AvgIpc) is 3.22. The molecule has 5 heteroatoms. The molecule has 1 aliphatic rings. The van der Waals surface area contributed by atoms with Crippen molar-refractivity contribution in [2.45, 2.75) is 16.2 Å². The molecule has 0 bridgehead atoms. The van der Waals surface area contributed by atoms with Crippen LogP contribution in [0.25, 0.3) is 22.2 Å². The lowest BCUT2D eigenvalue weighted by Crippen LogP contribution is -2.25. The molecule has 0 atom stereocenters. The summed E-state index contributed by atoms with van der Waals surface area (Å²) in [6, 6.07) is 23.9. The van der Waals surface area contributed by atoms with Crippen LogP contribution in [0, 0.1) is 0 Å². The van der Waals surface area contributed by atoms with E-state index in [1.807, 2.05) is 11.8 Å². The molecule has 0 aliphatic carbocycles. The minimum atomic E-state index is 0.898. The van der Waals surface area contributed by atoms with Crippen LogP contribution in [0.4, 0.5) is 11.4 Å². The van der Waals surface area contributed by atoms with Crippen LogP contribution in [0.15, 0.2) is 76.5 Å². The van der Waals surface area contributed by atoms with Gasteiger partial charge in [-0.2, -0.15) is 0 Å². The van der Waals surface area contributed by atoms with Crippen molar-refractivity contribution in [1.82, 2.24) is 9.88 Å². The number of benzene rings is 3. The Bertz CT molecular complexity index is 1200. The number of methoxy groups -OCH3 is 1. The first-order chi connectivity index (χ1) is 15.1. The Kier molecular flexibility index (Phi) is 5.38. The largest absolute Gasteiger partial charge is 0.497 e. The summed E-state index contributed by atoms with van der Waals surface area (Å²) < 4.78 is 5.50. The maximum Gasteiger partial charge on any atom is 0.120 e. The van der Waals surface area contributed by atoms with Gasteiger partial charge in [0.05, 0.1) is 18.5 Å². The molecule has 0 amide bonds. The van der Waals surface area contributed by atoms with Crippen molar-refractivity contribution in [2.24, 2.45) is 0 Å². The maximum atomic E-state index is 5.50. The fourth-order valence-corrected chi connectivity index (χ4v) is 5.34. The summed E-state index contributed by atoms with van der Waals surface area (Å²) >= 11 is 1.83. The quantitative estimate of drug-likeness (QED) is 0.384. The van der Waals surface area contributed by atoms with Gasteiger partial charge in [-0.25, -0.2) is 0 Å². The molecule has 1 N–H and O–H groups in total. The fraction of sp³-hybridized carbons (Fsp3) is 0.231. The summed E-state index contributed by atoms with van der Waals surface area (Å²) in [7, 11) is 5.99. The van der Waals surface area contributed by atoms with Crippen LogP contribution >= 0.6 is 11.8 Å². The summed E-state index contributed by atoms with van der Waals surface area (Å²) in [6.45, 7) is 2.05. The lowest BCUT2D eigenvalue weighted by Gasteiger charge is -2.33. The highest BCUT2D eigenvalue weighted by Crippen LogP contribution is 2.50. The molecule has 0 spiro atoms. The number of ether oxygens (including phenoxy) is 1. The second-order valence-electron chi connectivity index (χ2n) is 8.20. The van der Waals surface area contributed by atoms with Crippen LogP contribution in [0.3, 0.4) is 0 Å². The number of nitrogens with zero attached hydrogens (tertiary/aromatic N) is 2. The Labute approximate surface area is 187 Å². The highest BCUT2D eigenvalue weighted by atomic mass is 32.2. The Balaban J connectivity index is 1.54. The number of para-hydroxylation sites is 1. The summed E-state index contributed by atoms with van der Waals surface area (Å²) in [5.74, 6) is 0.898. The van der Waals surface area contributed by atoms with E-state index in [2.05, 4.69) is 95.6 Å². The molecule has 4 nitrogen and oxygen atoms in total. The smallest absolute Gasteiger partial charge is 0.120 e. The first kappa shape index (κ1) is 20.0. The monoisotopic (exact) mass is 429 g/mol. The van der Waals surface area contributed by atoms with Crippen molar-refractivity contribution in [3.05, 3.63) is 66.7 Å². The van der Waals surface area contributed by atoms with E-state index < -0.39 is 0 Å². The molecule has 1 aliphatic heterocycles. The third kappa shape index (κ3) is 3.91. The molecule has 0 unspecified atom stereocenters. The topological polar surface area (TPSA) is 31.5 Å². The predicted octanol–water partition coefficient (Wildman–Crippen LogP) is 6.40. The van der Waals surface area contributed by atoms with Gasteiger partial charge in [-0.05, 0) is 75.1 Å². The number of nitrogens with one attached hydrogen (secondary N) is 1. The maximum absolute atomic E-state index is 5.50. The van der Waals surface area contributed by atoms with Gasteiger partial charge in [0, 0.05) is 32.9 Å². The molecule has 3 aromatic carbocycles. The normalized spacial score (nSPS) is 12.8. The van der Waals surface area contributed by atoms with E-state index in [0.717, 1.165) is 31.0 Å². The molecule has 0 radical (unpaired) electrons. The molecular formula is C26H27N3OS. The van der Waals surface area contributed by atoms with Crippen LogP contribution in [-0.4, -0.2) is 44.2 Å². The van der Waals surface area contributed by atoms with Crippen molar-refractivity contribution in [1.29, 1.82) is 0 Å². The van der Waals surface area contributed by atoms with Crippen molar-refractivity contribution in [3.8, 4) is 17.0 Å². The fourth-order valence-electron chi connectivity index (χ4n) is 4.18. The molecule has 2 heterocycles. The van der Waals surface area contributed by atoms with Crippen molar-refractivity contribution >= 4 is 34.0 Å². The second-order valence-corrected chi connectivity index (χ2v) is 9.28. The van der Waals surface area contributed by atoms with Crippen molar-refractivity contribution in [2.75, 3.05) is 39.2 Å². The number of aromatic amines is 1. The summed E-state index contributed by atoms with van der Waals surface area (Å²) in [5.41, 5.74) is 6.07. The summed E-state index contributed by atoms with van der Waals surface area (Å²) in [4.78, 5) is 10.8. The van der Waals surface area contributed by atoms with Gasteiger partial charge in [0.2, 0.25) is 0 Å². The predicted molar refractivity (Wildman–Crippen MR) is 131 cm³/mol. The summed E-state index contributed by atoms with van der Waals surface area (Å²) in [5, 5.41) is 1.24. The Morgan fingerprint density at radius 1 is 0.935 bits per heavy atom. The molecule has 0 fully saturated rings. The van der Waals surface area contributed by atoms with E-state index in [1.165, 1.54) is 37.6 Å². The first-order valence-electron chi connectivity index (χ1n) is 10.6. The highest BCUT2D eigenvalue weighted by molar-refractivity contribution is 7.99. The summed E-state index contributed by atoms with van der Waals surface area (Å²) in [6.07, 6.45) is 1.10. The zero-order valence-electron chi connectivity index (χ0n) is 18.2. The molecule has 158 valence electrons. The molecule has 1 aromatic heterocycles. The second kappa shape index (κ2) is 8.33. The minimum Gasteiger partial charge on any atom is -0.497 e. The lowest BCUT2D eigenvalue weighted by molar-refractivity contribution is 0.402. The van der Waals surface area contributed by atoms with Gasteiger partial charge in [0.15, 0.2) is 0 Å². The highest BCUT2D eigenvalue weighted by Gasteiger charge is 2.24. The van der Waals surface area contributed by atoms with Gasteiger partial charge >= 0.3 is 0 Å². The van der Waals surface area contributed by atoms with E-state index in [9.17, 15) is 0 Å². The molecule has 0 saturated carbocycles. The standard InChI is InChI=1S/C26H27N3OS/c1-28(2)13-6-14-29-23-11-9-19(22-15-18-7-4-5-8-21(18)27-22)16-25(23)31-26-17-20(30-3)10-12-24(26)29/h4-5,7-12,15-17,27H,6,13-14H2,1-3H3. The van der Waals surface area contributed by atoms with E-state index in [1.54, 1.807) is 7.11 Å². The Morgan fingerprint density at radius 2 is 1.71 bits per heavy atom. The Hall–Kier alpha value is -2.89. The Morgan fingerprint density at radius 3 is 2.48 bits per heavy atom. The minimum absolute atomic E-state index is 0.898. The number of H-pyrrole nitrogens is 1. The van der Waals surface area contributed by atoms with Crippen LogP contribution in [-0.2, 0) is 0 Å². The van der Waals surface area contributed by atoms with Gasteiger partial charge in [0.1, 0.15) is 5.75 Å². The third-order valence-corrected chi connectivity index (χ3v) is 6.85. The average molecular weight is 430 g/mol. The van der Waals surface area contributed by atoms with Crippen molar-refractivity contribution in [3.63, 3.8) is 0 Å². The number of aromatic nitrogens is 1. The van der Waals surface area contributed by atoms with Gasteiger partial charge in [-0.1, -0.05) is 36.0 Å². The van der Waals surface area contributed by atoms with E-state index >= 15 is 0 Å². The van der Waals surface area contributed by atoms with Gasteiger partial charge < -0.3 is 19.5 Å². The van der Waals surface area contributed by atoms with Crippen LogP contribution in [0.1, 0.15) is 6.42 Å².